The third-order valence-corrected chi connectivity index (χ3v) is 5.55. The Balaban J connectivity index is 1.80. The van der Waals surface area contributed by atoms with Crippen LogP contribution in [0.25, 0.3) is 11.2 Å². The molecule has 4 heterocycles. The molecule has 1 atom stereocenters. The Morgan fingerprint density at radius 1 is 1.30 bits per heavy atom. The SMILES string of the molecule is C[C@@H](c1cc(-n2cc3c(C(F)(F)F)cccn3c2=O)cs1)c1nncn1C. The lowest BCUT2D eigenvalue weighted by Crippen LogP contribution is -2.18. The molecule has 0 N–H and O–H groups in total. The highest BCUT2D eigenvalue weighted by Crippen LogP contribution is 2.33. The monoisotopic (exact) mass is 393 g/mol. The van der Waals surface area contributed by atoms with Crippen LogP contribution in [-0.2, 0) is 13.2 Å². The summed E-state index contributed by atoms with van der Waals surface area (Å²) in [5.74, 6) is 0.701. The van der Waals surface area contributed by atoms with Gasteiger partial charge in [-0.05, 0) is 18.2 Å². The standard InChI is InChI=1S/C17H14F3N5OS/c1-10(15-22-21-9-23(15)2)14-6-11(8-27-14)25-7-13-12(17(18,19)20)4-3-5-24(13)16(25)26/h3-10H,1-2H3/t10-/m0/s1. The second kappa shape index (κ2) is 6.08. The minimum Gasteiger partial charge on any atom is -0.320 e. The first kappa shape index (κ1) is 17.5. The van der Waals surface area contributed by atoms with Gasteiger partial charge in [-0.15, -0.1) is 21.5 Å². The van der Waals surface area contributed by atoms with Gasteiger partial charge >= 0.3 is 11.9 Å². The van der Waals surface area contributed by atoms with Gasteiger partial charge in [0.25, 0.3) is 0 Å². The van der Waals surface area contributed by atoms with Crippen molar-refractivity contribution in [3.05, 3.63) is 69.0 Å². The molecule has 0 unspecified atom stereocenters. The maximum atomic E-state index is 13.2. The fourth-order valence-corrected chi connectivity index (χ4v) is 3.98. The minimum absolute atomic E-state index is 0.0604. The first-order valence-electron chi connectivity index (χ1n) is 8.00. The van der Waals surface area contributed by atoms with Crippen LogP contribution in [0.5, 0.6) is 0 Å². The molecule has 4 rings (SSSR count). The molecule has 0 amide bonds. The molecule has 27 heavy (non-hydrogen) atoms. The van der Waals surface area contributed by atoms with E-state index in [1.54, 1.807) is 22.3 Å². The third-order valence-electron chi connectivity index (χ3n) is 4.45. The molecule has 0 aromatic carbocycles. The molecule has 0 bridgehead atoms. The first-order valence-corrected chi connectivity index (χ1v) is 8.88. The molecule has 6 nitrogen and oxygen atoms in total. The van der Waals surface area contributed by atoms with Crippen molar-refractivity contribution in [3.8, 4) is 5.69 Å². The number of halogens is 3. The summed E-state index contributed by atoms with van der Waals surface area (Å²) in [7, 11) is 1.84. The molecule has 0 spiro atoms. The normalized spacial score (nSPS) is 13.4. The van der Waals surface area contributed by atoms with Crippen molar-refractivity contribution in [2.24, 2.45) is 7.05 Å². The molecule has 4 aromatic rings. The number of pyridine rings is 1. The predicted octanol–water partition coefficient (Wildman–Crippen LogP) is 3.45. The summed E-state index contributed by atoms with van der Waals surface area (Å²) in [4.78, 5) is 13.5. The molecule has 0 radical (unpaired) electrons. The zero-order valence-corrected chi connectivity index (χ0v) is 15.1. The van der Waals surface area contributed by atoms with E-state index in [1.807, 2.05) is 14.0 Å². The average Bonchev–Trinajstić information content (AvgIpc) is 3.32. The van der Waals surface area contributed by atoms with E-state index in [1.165, 1.54) is 34.4 Å². The van der Waals surface area contributed by atoms with Gasteiger partial charge in [0.1, 0.15) is 12.2 Å². The van der Waals surface area contributed by atoms with Crippen molar-refractivity contribution >= 4 is 16.9 Å². The largest absolute Gasteiger partial charge is 0.418 e. The van der Waals surface area contributed by atoms with E-state index in [0.717, 1.165) is 21.2 Å². The van der Waals surface area contributed by atoms with Crippen molar-refractivity contribution in [1.29, 1.82) is 0 Å². The maximum absolute atomic E-state index is 13.2. The highest BCUT2D eigenvalue weighted by Gasteiger charge is 2.33. The number of hydrogen-bond acceptors (Lipinski definition) is 4. The topological polar surface area (TPSA) is 57.1 Å². The lowest BCUT2D eigenvalue weighted by atomic mass is 10.1. The van der Waals surface area contributed by atoms with Crippen LogP contribution in [0.4, 0.5) is 13.2 Å². The molecule has 0 fully saturated rings. The number of thiophene rings is 1. The van der Waals surface area contributed by atoms with Gasteiger partial charge in [0.2, 0.25) is 0 Å². The van der Waals surface area contributed by atoms with Gasteiger partial charge in [-0.3, -0.25) is 8.97 Å². The molecule has 0 aliphatic carbocycles. The predicted molar refractivity (Wildman–Crippen MR) is 94.4 cm³/mol. The molecule has 10 heteroatoms. The fourth-order valence-electron chi connectivity index (χ4n) is 3.04. The van der Waals surface area contributed by atoms with Crippen molar-refractivity contribution < 1.29 is 13.2 Å². The lowest BCUT2D eigenvalue weighted by molar-refractivity contribution is -0.136. The van der Waals surface area contributed by atoms with Crippen molar-refractivity contribution in [3.63, 3.8) is 0 Å². The van der Waals surface area contributed by atoms with Crippen molar-refractivity contribution in [2.45, 2.75) is 19.0 Å². The van der Waals surface area contributed by atoms with Gasteiger partial charge in [-0.1, -0.05) is 6.92 Å². The summed E-state index contributed by atoms with van der Waals surface area (Å²) in [6.07, 6.45) is -0.377. The molecule has 0 saturated heterocycles. The second-order valence-corrected chi connectivity index (χ2v) is 7.13. The van der Waals surface area contributed by atoms with E-state index in [-0.39, 0.29) is 11.4 Å². The van der Waals surface area contributed by atoms with Crippen LogP contribution in [0.15, 0.2) is 47.1 Å². The van der Waals surface area contributed by atoms with Crippen LogP contribution in [0.2, 0.25) is 0 Å². The summed E-state index contributed by atoms with van der Waals surface area (Å²) in [5, 5.41) is 9.69. The number of nitrogens with zero attached hydrogens (tertiary/aromatic N) is 5. The number of imidazole rings is 1. The number of aromatic nitrogens is 5. The van der Waals surface area contributed by atoms with Crippen LogP contribution in [0, 0.1) is 0 Å². The summed E-state index contributed by atoms with van der Waals surface area (Å²) >= 11 is 1.42. The van der Waals surface area contributed by atoms with Gasteiger partial charge in [-0.2, -0.15) is 13.2 Å². The first-order chi connectivity index (χ1) is 12.8. The van der Waals surface area contributed by atoms with E-state index in [9.17, 15) is 18.0 Å². The number of hydrogen-bond donors (Lipinski definition) is 0. The third kappa shape index (κ3) is 2.85. The van der Waals surface area contributed by atoms with Gasteiger partial charge in [0.15, 0.2) is 0 Å². The number of fused-ring (bicyclic) bond motifs is 1. The average molecular weight is 393 g/mol. The smallest absolute Gasteiger partial charge is 0.320 e. The quantitative estimate of drug-likeness (QED) is 0.536. The zero-order valence-electron chi connectivity index (χ0n) is 14.3. The molecule has 0 aliphatic rings. The number of aryl methyl sites for hydroxylation is 1. The fraction of sp³-hybridized carbons (Fsp3) is 0.235. The summed E-state index contributed by atoms with van der Waals surface area (Å²) < 4.78 is 43.7. The Labute approximate surface area is 155 Å². The highest BCUT2D eigenvalue weighted by atomic mass is 32.1. The van der Waals surface area contributed by atoms with E-state index < -0.39 is 17.4 Å². The van der Waals surface area contributed by atoms with E-state index in [2.05, 4.69) is 10.2 Å². The van der Waals surface area contributed by atoms with Crippen LogP contribution in [0.1, 0.15) is 29.1 Å². The molecule has 140 valence electrons. The van der Waals surface area contributed by atoms with E-state index in [4.69, 9.17) is 0 Å². The zero-order chi connectivity index (χ0) is 19.3. The maximum Gasteiger partial charge on any atom is 0.418 e. The summed E-state index contributed by atoms with van der Waals surface area (Å²) in [6, 6.07) is 3.98. The van der Waals surface area contributed by atoms with Gasteiger partial charge in [0, 0.05) is 29.7 Å². The Morgan fingerprint density at radius 3 is 2.74 bits per heavy atom. The Morgan fingerprint density at radius 2 is 2.07 bits per heavy atom. The van der Waals surface area contributed by atoms with Crippen LogP contribution in [0.3, 0.4) is 0 Å². The molecular formula is C17H14F3N5OS. The molecule has 0 saturated carbocycles. The van der Waals surface area contributed by atoms with Crippen molar-refractivity contribution in [1.82, 2.24) is 23.7 Å². The molecule has 0 aliphatic heterocycles. The lowest BCUT2D eigenvalue weighted by Gasteiger charge is -2.07. The summed E-state index contributed by atoms with van der Waals surface area (Å²) in [6.45, 7) is 1.96. The van der Waals surface area contributed by atoms with Gasteiger partial charge < -0.3 is 4.57 Å². The molecular weight excluding hydrogens is 379 g/mol. The van der Waals surface area contributed by atoms with Crippen molar-refractivity contribution in [2.75, 3.05) is 0 Å². The number of rotatable bonds is 3. The van der Waals surface area contributed by atoms with Crippen LogP contribution in [-0.4, -0.2) is 23.7 Å². The Kier molecular flexibility index (Phi) is 3.95. The minimum atomic E-state index is -4.54. The Bertz CT molecular complexity index is 1180. The van der Waals surface area contributed by atoms with Gasteiger partial charge in [0.05, 0.1) is 22.7 Å². The van der Waals surface area contributed by atoms with Gasteiger partial charge in [-0.25, -0.2) is 4.79 Å². The van der Waals surface area contributed by atoms with Crippen LogP contribution >= 0.6 is 11.3 Å². The van der Waals surface area contributed by atoms with E-state index in [0.29, 0.717) is 5.69 Å². The van der Waals surface area contributed by atoms with Crippen LogP contribution < -0.4 is 5.69 Å². The second-order valence-electron chi connectivity index (χ2n) is 6.19. The highest BCUT2D eigenvalue weighted by molar-refractivity contribution is 7.10. The Hall–Kier alpha value is -2.88. The van der Waals surface area contributed by atoms with E-state index >= 15 is 0 Å². The number of alkyl halides is 3. The summed E-state index contributed by atoms with van der Waals surface area (Å²) in [5.41, 5.74) is -1.05. The molecule has 4 aromatic heterocycles.